The molecule has 0 spiro atoms. The molecular formula is C27H39N3O5S. The number of likely N-dealkylation sites (N-methyl/N-ethyl adjacent to an activating group) is 1. The van der Waals surface area contributed by atoms with Gasteiger partial charge < -0.3 is 15.0 Å². The third-order valence-electron chi connectivity index (χ3n) is 5.76. The first-order valence-electron chi connectivity index (χ1n) is 12.4. The van der Waals surface area contributed by atoms with Gasteiger partial charge >= 0.3 is 0 Å². The molecule has 0 saturated carbocycles. The Kier molecular flexibility index (Phi) is 11.2. The van der Waals surface area contributed by atoms with Gasteiger partial charge in [-0.05, 0) is 51.3 Å². The number of aryl methyl sites for hydroxylation is 1. The highest BCUT2D eigenvalue weighted by molar-refractivity contribution is 7.92. The zero-order valence-electron chi connectivity index (χ0n) is 22.0. The second kappa shape index (κ2) is 13.9. The van der Waals surface area contributed by atoms with Crippen LogP contribution in [-0.4, -0.2) is 57.1 Å². The molecule has 2 aromatic carbocycles. The van der Waals surface area contributed by atoms with Crippen LogP contribution in [-0.2, 0) is 26.2 Å². The van der Waals surface area contributed by atoms with Crippen LogP contribution < -0.4 is 14.4 Å². The Labute approximate surface area is 215 Å². The summed E-state index contributed by atoms with van der Waals surface area (Å²) in [6, 6.07) is 14.2. The SMILES string of the molecule is CCNC(=O)C(CC)N(Cc1cccc(C)c1)C(=O)CCCN(c1ccccc1OCC)S(C)(=O)=O. The molecular weight excluding hydrogens is 478 g/mol. The molecule has 0 aromatic heterocycles. The summed E-state index contributed by atoms with van der Waals surface area (Å²) >= 11 is 0. The summed E-state index contributed by atoms with van der Waals surface area (Å²) in [5.74, 6) is 0.0886. The molecule has 36 heavy (non-hydrogen) atoms. The van der Waals surface area contributed by atoms with E-state index in [-0.39, 0.29) is 24.8 Å². The second-order valence-corrected chi connectivity index (χ2v) is 10.6. The number of hydrogen-bond donors (Lipinski definition) is 1. The smallest absolute Gasteiger partial charge is 0.242 e. The van der Waals surface area contributed by atoms with Crippen molar-refractivity contribution in [3.05, 3.63) is 59.7 Å². The topological polar surface area (TPSA) is 96.0 Å². The first kappa shape index (κ1) is 29.2. The number of para-hydroxylation sites is 2. The lowest BCUT2D eigenvalue weighted by molar-refractivity contribution is -0.141. The Hall–Kier alpha value is -3.07. The molecule has 0 aliphatic rings. The fourth-order valence-corrected chi connectivity index (χ4v) is 5.11. The molecule has 0 fully saturated rings. The van der Waals surface area contributed by atoms with Crippen LogP contribution >= 0.6 is 0 Å². The average molecular weight is 518 g/mol. The van der Waals surface area contributed by atoms with Crippen LogP contribution in [0, 0.1) is 6.92 Å². The third-order valence-corrected chi connectivity index (χ3v) is 6.94. The third kappa shape index (κ3) is 8.26. The number of carbonyl (C=O) groups is 2. The van der Waals surface area contributed by atoms with Gasteiger partial charge in [0.25, 0.3) is 0 Å². The predicted octanol–water partition coefficient (Wildman–Crippen LogP) is 3.88. The van der Waals surface area contributed by atoms with Gasteiger partial charge in [0.2, 0.25) is 21.8 Å². The Morgan fingerprint density at radius 1 is 1.06 bits per heavy atom. The minimum Gasteiger partial charge on any atom is -0.492 e. The molecule has 0 aliphatic carbocycles. The van der Waals surface area contributed by atoms with Crippen molar-refractivity contribution in [2.45, 2.75) is 59.5 Å². The van der Waals surface area contributed by atoms with Crippen LogP contribution in [0.2, 0.25) is 0 Å². The molecule has 1 atom stereocenters. The monoisotopic (exact) mass is 517 g/mol. The number of anilines is 1. The summed E-state index contributed by atoms with van der Waals surface area (Å²) < 4.78 is 32.1. The van der Waals surface area contributed by atoms with E-state index in [0.717, 1.165) is 17.4 Å². The van der Waals surface area contributed by atoms with Gasteiger partial charge in [-0.25, -0.2) is 8.42 Å². The van der Waals surface area contributed by atoms with Crippen LogP contribution in [0.3, 0.4) is 0 Å². The highest BCUT2D eigenvalue weighted by atomic mass is 32.2. The van der Waals surface area contributed by atoms with E-state index in [4.69, 9.17) is 4.74 Å². The first-order chi connectivity index (χ1) is 17.1. The van der Waals surface area contributed by atoms with Gasteiger partial charge in [0.15, 0.2) is 0 Å². The zero-order valence-corrected chi connectivity index (χ0v) is 22.8. The Balaban J connectivity index is 2.24. The van der Waals surface area contributed by atoms with Gasteiger partial charge in [-0.15, -0.1) is 0 Å². The number of ether oxygens (including phenoxy) is 1. The summed E-state index contributed by atoms with van der Waals surface area (Å²) in [5, 5.41) is 2.83. The molecule has 2 rings (SSSR count). The van der Waals surface area contributed by atoms with Crippen molar-refractivity contribution in [1.82, 2.24) is 10.2 Å². The van der Waals surface area contributed by atoms with Crippen LogP contribution in [0.25, 0.3) is 0 Å². The molecule has 1 unspecified atom stereocenters. The molecule has 0 bridgehead atoms. The standard InChI is InChI=1S/C27H39N3O5S/c1-6-23(27(32)28-7-2)29(20-22-14-11-13-21(4)19-22)26(31)17-12-18-30(36(5,33)34)24-15-9-10-16-25(24)35-8-3/h9-11,13-16,19,23H,6-8,12,17-18,20H2,1-5H3,(H,28,32). The number of sulfonamides is 1. The minimum absolute atomic E-state index is 0.102. The molecule has 8 nitrogen and oxygen atoms in total. The normalized spacial score (nSPS) is 12.0. The molecule has 2 aromatic rings. The van der Waals surface area contributed by atoms with Gasteiger partial charge in [-0.2, -0.15) is 0 Å². The Bertz CT molecular complexity index is 1120. The Morgan fingerprint density at radius 3 is 2.39 bits per heavy atom. The highest BCUT2D eigenvalue weighted by Gasteiger charge is 2.29. The van der Waals surface area contributed by atoms with Crippen molar-refractivity contribution < 1.29 is 22.7 Å². The lowest BCUT2D eigenvalue weighted by atomic mass is 10.1. The zero-order chi connectivity index (χ0) is 26.7. The summed E-state index contributed by atoms with van der Waals surface area (Å²) in [4.78, 5) is 27.8. The quantitative estimate of drug-likeness (QED) is 0.410. The largest absolute Gasteiger partial charge is 0.492 e. The maximum Gasteiger partial charge on any atom is 0.242 e. The van der Waals surface area contributed by atoms with Crippen molar-refractivity contribution >= 4 is 27.5 Å². The van der Waals surface area contributed by atoms with Gasteiger partial charge in [0, 0.05) is 26.1 Å². The van der Waals surface area contributed by atoms with E-state index in [0.29, 0.717) is 44.0 Å². The van der Waals surface area contributed by atoms with E-state index in [9.17, 15) is 18.0 Å². The molecule has 2 amide bonds. The summed E-state index contributed by atoms with van der Waals surface area (Å²) in [6.45, 7) is 8.84. The molecule has 0 heterocycles. The average Bonchev–Trinajstić information content (AvgIpc) is 2.82. The van der Waals surface area contributed by atoms with E-state index in [1.807, 2.05) is 52.0 Å². The maximum atomic E-state index is 13.4. The summed E-state index contributed by atoms with van der Waals surface area (Å²) in [5.41, 5.74) is 2.46. The van der Waals surface area contributed by atoms with Crippen LogP contribution in [0.5, 0.6) is 5.75 Å². The number of nitrogens with zero attached hydrogens (tertiary/aromatic N) is 2. The first-order valence-corrected chi connectivity index (χ1v) is 14.3. The van der Waals surface area contributed by atoms with Gasteiger partial charge in [0.1, 0.15) is 11.8 Å². The van der Waals surface area contributed by atoms with Crippen LogP contribution in [0.4, 0.5) is 5.69 Å². The molecule has 0 radical (unpaired) electrons. The van der Waals surface area contributed by atoms with Crippen LogP contribution in [0.15, 0.2) is 48.5 Å². The number of rotatable bonds is 14. The highest BCUT2D eigenvalue weighted by Crippen LogP contribution is 2.30. The number of amides is 2. The molecule has 9 heteroatoms. The minimum atomic E-state index is -3.61. The number of hydrogen-bond acceptors (Lipinski definition) is 5. The second-order valence-electron chi connectivity index (χ2n) is 8.67. The molecule has 0 aliphatic heterocycles. The molecule has 1 N–H and O–H groups in total. The van der Waals surface area contributed by atoms with Crippen molar-refractivity contribution in [3.63, 3.8) is 0 Å². The van der Waals surface area contributed by atoms with Gasteiger partial charge in [-0.1, -0.05) is 48.9 Å². The molecule has 198 valence electrons. The van der Waals surface area contributed by atoms with Crippen molar-refractivity contribution in [2.24, 2.45) is 0 Å². The fraction of sp³-hybridized carbons (Fsp3) is 0.481. The summed E-state index contributed by atoms with van der Waals surface area (Å²) in [7, 11) is -3.61. The van der Waals surface area contributed by atoms with Gasteiger partial charge in [-0.3, -0.25) is 13.9 Å². The number of carbonyl (C=O) groups excluding carboxylic acids is 2. The van der Waals surface area contributed by atoms with E-state index >= 15 is 0 Å². The van der Waals surface area contributed by atoms with E-state index in [1.165, 1.54) is 4.31 Å². The summed E-state index contributed by atoms with van der Waals surface area (Å²) in [6.07, 6.45) is 2.01. The lowest BCUT2D eigenvalue weighted by Gasteiger charge is -2.31. The van der Waals surface area contributed by atoms with Gasteiger partial charge in [0.05, 0.1) is 18.6 Å². The molecule has 0 saturated heterocycles. The van der Waals surface area contributed by atoms with E-state index in [2.05, 4.69) is 5.32 Å². The van der Waals surface area contributed by atoms with Crippen LogP contribution in [0.1, 0.15) is 51.2 Å². The fourth-order valence-electron chi connectivity index (χ4n) is 4.14. The maximum absolute atomic E-state index is 13.4. The van der Waals surface area contributed by atoms with E-state index < -0.39 is 16.1 Å². The number of benzene rings is 2. The Morgan fingerprint density at radius 2 is 1.78 bits per heavy atom. The lowest BCUT2D eigenvalue weighted by Crippen LogP contribution is -2.49. The number of nitrogens with one attached hydrogen (secondary N) is 1. The van der Waals surface area contributed by atoms with E-state index in [1.54, 1.807) is 29.2 Å². The predicted molar refractivity (Wildman–Crippen MR) is 144 cm³/mol. The van der Waals surface area contributed by atoms with Crippen molar-refractivity contribution in [1.29, 1.82) is 0 Å². The van der Waals surface area contributed by atoms with Crippen molar-refractivity contribution in [2.75, 3.05) is 30.3 Å². The van der Waals surface area contributed by atoms with Crippen molar-refractivity contribution in [3.8, 4) is 5.75 Å².